The Kier molecular flexibility index (Phi) is 8.46. The van der Waals surface area contributed by atoms with E-state index in [2.05, 4.69) is 24.3 Å². The van der Waals surface area contributed by atoms with Gasteiger partial charge in [0.1, 0.15) is 5.60 Å². The molecule has 0 bridgehead atoms. The Morgan fingerprint density at radius 3 is 1.95 bits per heavy atom. The van der Waals surface area contributed by atoms with E-state index in [1.807, 2.05) is 57.2 Å². The summed E-state index contributed by atoms with van der Waals surface area (Å²) in [5.74, 6) is -0.157. The summed E-state index contributed by atoms with van der Waals surface area (Å²) in [6.07, 6.45) is -4.37. The molecule has 0 spiro atoms. The number of alkyl halides is 3. The lowest BCUT2D eigenvalue weighted by Crippen LogP contribution is -2.50. The molecular formula is C31H34F3NO3. The molecule has 7 heteroatoms. The fourth-order valence-corrected chi connectivity index (χ4v) is 4.98. The number of hydrogen-bond donors (Lipinski definition) is 0. The summed E-state index contributed by atoms with van der Waals surface area (Å²) in [4.78, 5) is 14.8. The number of piperidine rings is 1. The standard InChI is InChI=1S/C31H34F3NO3/c1-30(2,3)38-29(36)35-19-18-27(37-21-22-14-16-25(17-15-22)31(32,33)34)26(20-35)28(23-10-6-4-7-11-23)24-12-8-5-9-13-24/h4-17,26-28H,18-21H2,1-3H3. The van der Waals surface area contributed by atoms with Gasteiger partial charge < -0.3 is 14.4 Å². The lowest BCUT2D eigenvalue weighted by atomic mass is 9.75. The van der Waals surface area contributed by atoms with Gasteiger partial charge in [0.15, 0.2) is 0 Å². The van der Waals surface area contributed by atoms with Crippen molar-refractivity contribution in [1.82, 2.24) is 4.90 Å². The smallest absolute Gasteiger partial charge is 0.416 e. The Morgan fingerprint density at radius 1 is 0.895 bits per heavy atom. The van der Waals surface area contributed by atoms with E-state index in [9.17, 15) is 18.0 Å². The van der Waals surface area contributed by atoms with Gasteiger partial charge in [-0.05, 0) is 56.0 Å². The second-order valence-electron chi connectivity index (χ2n) is 10.7. The third kappa shape index (κ3) is 7.16. The fourth-order valence-electron chi connectivity index (χ4n) is 4.98. The number of carbonyl (C=O) groups excluding carboxylic acids is 1. The number of benzene rings is 3. The van der Waals surface area contributed by atoms with E-state index < -0.39 is 17.3 Å². The molecule has 1 amide bonds. The van der Waals surface area contributed by atoms with Crippen LogP contribution >= 0.6 is 0 Å². The minimum atomic E-state index is -4.38. The summed E-state index contributed by atoms with van der Waals surface area (Å²) < 4.78 is 51.0. The molecular weight excluding hydrogens is 491 g/mol. The molecule has 1 aliphatic rings. The Bertz CT molecular complexity index is 1140. The van der Waals surface area contributed by atoms with E-state index in [1.165, 1.54) is 12.1 Å². The quantitative estimate of drug-likeness (QED) is 0.331. The molecule has 0 N–H and O–H groups in total. The molecule has 3 aromatic carbocycles. The van der Waals surface area contributed by atoms with Crippen molar-refractivity contribution in [3.63, 3.8) is 0 Å². The van der Waals surface area contributed by atoms with Gasteiger partial charge in [-0.1, -0.05) is 72.8 Å². The second kappa shape index (κ2) is 11.6. The Labute approximate surface area is 222 Å². The predicted octanol–water partition coefficient (Wildman–Crippen LogP) is 7.68. The summed E-state index contributed by atoms with van der Waals surface area (Å²) in [5.41, 5.74) is 1.59. The largest absolute Gasteiger partial charge is 0.444 e. The van der Waals surface area contributed by atoms with Gasteiger partial charge in [-0.3, -0.25) is 0 Å². The Balaban J connectivity index is 1.62. The summed E-state index contributed by atoms with van der Waals surface area (Å²) in [6, 6.07) is 25.3. The highest BCUT2D eigenvalue weighted by Crippen LogP contribution is 2.39. The maximum Gasteiger partial charge on any atom is 0.416 e. The van der Waals surface area contributed by atoms with E-state index in [0.29, 0.717) is 25.1 Å². The zero-order valence-electron chi connectivity index (χ0n) is 21.9. The number of ether oxygens (including phenoxy) is 2. The SMILES string of the molecule is CC(C)(C)OC(=O)N1CCC(OCc2ccc(C(F)(F)F)cc2)C(C(c2ccccc2)c2ccccc2)C1. The van der Waals surface area contributed by atoms with Crippen molar-refractivity contribution >= 4 is 6.09 Å². The molecule has 1 saturated heterocycles. The monoisotopic (exact) mass is 525 g/mol. The van der Waals surface area contributed by atoms with Gasteiger partial charge >= 0.3 is 12.3 Å². The van der Waals surface area contributed by atoms with Crippen molar-refractivity contribution in [2.24, 2.45) is 5.92 Å². The van der Waals surface area contributed by atoms with Crippen LogP contribution in [0.5, 0.6) is 0 Å². The zero-order chi connectivity index (χ0) is 27.3. The highest BCUT2D eigenvalue weighted by atomic mass is 19.4. The normalized spacial score (nSPS) is 18.4. The van der Waals surface area contributed by atoms with Crippen LogP contribution in [0.4, 0.5) is 18.0 Å². The van der Waals surface area contributed by atoms with Crippen molar-refractivity contribution in [3.8, 4) is 0 Å². The van der Waals surface area contributed by atoms with Gasteiger partial charge in [-0.15, -0.1) is 0 Å². The van der Waals surface area contributed by atoms with Crippen LogP contribution in [-0.2, 0) is 22.3 Å². The van der Waals surface area contributed by atoms with Crippen molar-refractivity contribution < 1.29 is 27.4 Å². The van der Waals surface area contributed by atoms with E-state index in [4.69, 9.17) is 9.47 Å². The number of halogens is 3. The Morgan fingerprint density at radius 2 is 1.45 bits per heavy atom. The molecule has 1 fully saturated rings. The molecule has 1 aliphatic heterocycles. The lowest BCUT2D eigenvalue weighted by molar-refractivity contribution is -0.137. The molecule has 4 nitrogen and oxygen atoms in total. The number of hydrogen-bond acceptors (Lipinski definition) is 3. The first kappa shape index (κ1) is 27.7. The van der Waals surface area contributed by atoms with Crippen molar-refractivity contribution in [3.05, 3.63) is 107 Å². The Hall–Kier alpha value is -3.32. The van der Waals surface area contributed by atoms with E-state index in [-0.39, 0.29) is 30.6 Å². The van der Waals surface area contributed by atoms with Gasteiger partial charge in [-0.2, -0.15) is 13.2 Å². The number of nitrogens with zero attached hydrogens (tertiary/aromatic N) is 1. The maximum absolute atomic E-state index is 13.0. The van der Waals surface area contributed by atoms with Gasteiger partial charge in [0.05, 0.1) is 18.3 Å². The molecule has 0 aromatic heterocycles. The number of rotatable bonds is 6. The zero-order valence-corrected chi connectivity index (χ0v) is 21.9. The van der Waals surface area contributed by atoms with Gasteiger partial charge in [-0.25, -0.2) is 4.79 Å². The minimum absolute atomic E-state index is 0.0553. The van der Waals surface area contributed by atoms with Crippen LogP contribution in [-0.4, -0.2) is 35.8 Å². The average Bonchev–Trinajstić information content (AvgIpc) is 2.88. The predicted molar refractivity (Wildman–Crippen MR) is 141 cm³/mol. The third-order valence-corrected chi connectivity index (χ3v) is 6.73. The summed E-state index contributed by atoms with van der Waals surface area (Å²) in [6.45, 7) is 6.62. The molecule has 1 heterocycles. The van der Waals surface area contributed by atoms with Crippen LogP contribution < -0.4 is 0 Å². The molecule has 0 saturated carbocycles. The van der Waals surface area contributed by atoms with Crippen LogP contribution in [0.25, 0.3) is 0 Å². The van der Waals surface area contributed by atoms with Crippen molar-refractivity contribution in [1.29, 1.82) is 0 Å². The van der Waals surface area contributed by atoms with Crippen molar-refractivity contribution in [2.75, 3.05) is 13.1 Å². The van der Waals surface area contributed by atoms with E-state index in [0.717, 1.165) is 23.3 Å². The van der Waals surface area contributed by atoms with Gasteiger partial charge in [0.25, 0.3) is 0 Å². The van der Waals surface area contributed by atoms with Crippen molar-refractivity contribution in [2.45, 2.75) is 57.6 Å². The highest BCUT2D eigenvalue weighted by Gasteiger charge is 2.39. The van der Waals surface area contributed by atoms with Gasteiger partial charge in [0, 0.05) is 24.9 Å². The van der Waals surface area contributed by atoms with E-state index >= 15 is 0 Å². The first-order valence-electron chi connectivity index (χ1n) is 12.9. The maximum atomic E-state index is 13.0. The number of carbonyl (C=O) groups is 1. The molecule has 2 atom stereocenters. The fraction of sp³-hybridized carbons (Fsp3) is 0.387. The van der Waals surface area contributed by atoms with Crippen LogP contribution in [0.1, 0.15) is 55.4 Å². The molecule has 202 valence electrons. The second-order valence-corrected chi connectivity index (χ2v) is 10.7. The molecule has 4 rings (SSSR count). The van der Waals surface area contributed by atoms with Crippen LogP contribution in [0.2, 0.25) is 0 Å². The number of likely N-dealkylation sites (tertiary alicyclic amines) is 1. The number of amides is 1. The van der Waals surface area contributed by atoms with Crippen LogP contribution in [0.3, 0.4) is 0 Å². The molecule has 0 radical (unpaired) electrons. The topological polar surface area (TPSA) is 38.8 Å². The summed E-state index contributed by atoms with van der Waals surface area (Å²) in [7, 11) is 0. The highest BCUT2D eigenvalue weighted by molar-refractivity contribution is 5.68. The molecule has 0 aliphatic carbocycles. The lowest BCUT2D eigenvalue weighted by Gasteiger charge is -2.42. The third-order valence-electron chi connectivity index (χ3n) is 6.73. The van der Waals surface area contributed by atoms with Crippen LogP contribution in [0.15, 0.2) is 84.9 Å². The molecule has 38 heavy (non-hydrogen) atoms. The summed E-state index contributed by atoms with van der Waals surface area (Å²) >= 11 is 0. The van der Waals surface area contributed by atoms with Gasteiger partial charge in [0.2, 0.25) is 0 Å². The molecule has 3 aromatic rings. The molecule has 2 unspecified atom stereocenters. The summed E-state index contributed by atoms with van der Waals surface area (Å²) in [5, 5.41) is 0. The van der Waals surface area contributed by atoms with E-state index in [1.54, 1.807) is 4.90 Å². The first-order valence-corrected chi connectivity index (χ1v) is 12.9. The average molecular weight is 526 g/mol. The first-order chi connectivity index (χ1) is 18.0. The van der Waals surface area contributed by atoms with Crippen LogP contribution in [0, 0.1) is 5.92 Å². The minimum Gasteiger partial charge on any atom is -0.444 e.